The molecule has 0 heterocycles. The van der Waals surface area contributed by atoms with Crippen LogP contribution in [0.25, 0.3) is 0 Å². The van der Waals surface area contributed by atoms with Gasteiger partial charge in [0.2, 0.25) is 0 Å². The summed E-state index contributed by atoms with van der Waals surface area (Å²) in [5.41, 5.74) is 3.99. The number of benzene rings is 2. The van der Waals surface area contributed by atoms with Crippen molar-refractivity contribution in [3.8, 4) is 0 Å². The lowest BCUT2D eigenvalue weighted by Crippen LogP contribution is -2.28. The Balaban J connectivity index is 1.75. The Hall–Kier alpha value is -2.42. The molecule has 1 spiro atoms. The molecule has 21 heavy (non-hydrogen) atoms. The highest BCUT2D eigenvalue weighted by atomic mass is 16.4. The van der Waals surface area contributed by atoms with Crippen LogP contribution < -0.4 is 0 Å². The molecule has 0 unspecified atom stereocenters. The van der Waals surface area contributed by atoms with Crippen molar-refractivity contribution in [2.45, 2.75) is 19.3 Å². The number of carboxylic acid groups (broad SMARTS) is 1. The van der Waals surface area contributed by atoms with Gasteiger partial charge in [-0.2, -0.15) is 0 Å². The van der Waals surface area contributed by atoms with Gasteiger partial charge >= 0.3 is 5.97 Å². The van der Waals surface area contributed by atoms with Crippen LogP contribution >= 0.6 is 0 Å². The van der Waals surface area contributed by atoms with Crippen LogP contribution in [0.15, 0.2) is 42.5 Å². The van der Waals surface area contributed by atoms with Crippen LogP contribution in [0.4, 0.5) is 0 Å². The molecule has 0 aromatic heterocycles. The van der Waals surface area contributed by atoms with Gasteiger partial charge < -0.3 is 5.11 Å². The van der Waals surface area contributed by atoms with Gasteiger partial charge in [-0.1, -0.05) is 30.3 Å². The number of Topliss-reactive ketones (excluding diaryl/α,β-unsaturated/α-hetero) is 1. The second-order valence-corrected chi connectivity index (χ2v) is 6.09. The predicted octanol–water partition coefficient (Wildman–Crippen LogP) is 2.91. The maximum Gasteiger partial charge on any atom is 0.335 e. The molecule has 0 bridgehead atoms. The molecular weight excluding hydrogens is 264 g/mol. The third kappa shape index (κ3) is 1.67. The van der Waals surface area contributed by atoms with Crippen molar-refractivity contribution in [3.63, 3.8) is 0 Å². The number of hydrogen-bond acceptors (Lipinski definition) is 2. The largest absolute Gasteiger partial charge is 0.478 e. The average Bonchev–Trinajstić information content (AvgIpc) is 2.97. The molecule has 2 aromatic rings. The highest BCUT2D eigenvalue weighted by Gasteiger charge is 2.48. The lowest BCUT2D eigenvalue weighted by atomic mass is 9.81. The van der Waals surface area contributed by atoms with Crippen molar-refractivity contribution in [3.05, 3.63) is 70.3 Å². The summed E-state index contributed by atoms with van der Waals surface area (Å²) in [6, 6.07) is 13.0. The van der Waals surface area contributed by atoms with E-state index in [0.717, 1.165) is 35.1 Å². The van der Waals surface area contributed by atoms with Crippen LogP contribution in [-0.4, -0.2) is 16.9 Å². The summed E-state index contributed by atoms with van der Waals surface area (Å²) >= 11 is 0. The summed E-state index contributed by atoms with van der Waals surface area (Å²) in [6.45, 7) is 0. The summed E-state index contributed by atoms with van der Waals surface area (Å²) in [5.74, 6) is -0.703. The maximum atomic E-state index is 12.8. The molecule has 2 aliphatic rings. The van der Waals surface area contributed by atoms with Crippen LogP contribution in [0.5, 0.6) is 0 Å². The molecule has 1 atom stereocenters. The maximum absolute atomic E-state index is 12.8. The Kier molecular flexibility index (Phi) is 2.37. The number of fused-ring (bicyclic) bond motifs is 2. The zero-order valence-corrected chi connectivity index (χ0v) is 11.4. The Morgan fingerprint density at radius 2 is 1.67 bits per heavy atom. The van der Waals surface area contributed by atoms with Crippen molar-refractivity contribution in [2.75, 3.05) is 0 Å². The Morgan fingerprint density at radius 1 is 0.952 bits per heavy atom. The average molecular weight is 278 g/mol. The molecule has 3 heteroatoms. The van der Waals surface area contributed by atoms with Gasteiger partial charge in [0, 0.05) is 11.0 Å². The summed E-state index contributed by atoms with van der Waals surface area (Å²) in [6.07, 6.45) is 2.13. The van der Waals surface area contributed by atoms with E-state index in [4.69, 9.17) is 5.11 Å². The molecule has 2 aliphatic carbocycles. The van der Waals surface area contributed by atoms with E-state index >= 15 is 0 Å². The van der Waals surface area contributed by atoms with Crippen LogP contribution in [0.1, 0.15) is 37.4 Å². The number of aromatic carboxylic acids is 1. The van der Waals surface area contributed by atoms with Crippen LogP contribution in [0, 0.1) is 5.41 Å². The topological polar surface area (TPSA) is 54.4 Å². The normalized spacial score (nSPS) is 22.4. The first-order valence-electron chi connectivity index (χ1n) is 7.07. The fourth-order valence-corrected chi connectivity index (χ4v) is 3.80. The van der Waals surface area contributed by atoms with Crippen LogP contribution in [0.2, 0.25) is 0 Å². The minimum atomic E-state index is -0.917. The van der Waals surface area contributed by atoms with E-state index < -0.39 is 5.97 Å². The molecule has 3 nitrogen and oxygen atoms in total. The Morgan fingerprint density at radius 3 is 2.43 bits per heavy atom. The number of ketones is 1. The Bertz CT molecular complexity index is 791. The number of carboxylic acids is 1. The molecule has 0 fully saturated rings. The zero-order chi connectivity index (χ0) is 14.6. The molecule has 0 radical (unpaired) electrons. The van der Waals surface area contributed by atoms with Gasteiger partial charge in [-0.25, -0.2) is 4.79 Å². The molecule has 1 N–H and O–H groups in total. The quantitative estimate of drug-likeness (QED) is 0.872. The van der Waals surface area contributed by atoms with Crippen LogP contribution in [0.3, 0.4) is 0 Å². The Labute approximate surface area is 122 Å². The monoisotopic (exact) mass is 278 g/mol. The minimum Gasteiger partial charge on any atom is -0.478 e. The lowest BCUT2D eigenvalue weighted by Gasteiger charge is -2.20. The van der Waals surface area contributed by atoms with Crippen molar-refractivity contribution in [2.24, 2.45) is 5.41 Å². The molecule has 4 rings (SSSR count). The van der Waals surface area contributed by atoms with E-state index in [1.54, 1.807) is 12.1 Å². The molecule has 0 saturated carbocycles. The third-order valence-electron chi connectivity index (χ3n) is 4.78. The molecule has 2 aromatic carbocycles. The van der Waals surface area contributed by atoms with E-state index in [1.807, 2.05) is 30.3 Å². The standard InChI is InChI=1S/C18H14O3/c19-16-15-4-2-1-3-13(15)9-18(16)8-12-6-5-11(17(20)21)7-14(12)10-18/h1-7H,8-10H2,(H,20,21)/t18-/m0/s1. The van der Waals surface area contributed by atoms with Gasteiger partial charge in [-0.05, 0) is 48.1 Å². The van der Waals surface area contributed by atoms with Crippen molar-refractivity contribution < 1.29 is 14.7 Å². The molecule has 0 saturated heterocycles. The lowest BCUT2D eigenvalue weighted by molar-refractivity contribution is 0.0696. The van der Waals surface area contributed by atoms with Gasteiger partial charge in [0.05, 0.1) is 5.56 Å². The number of carbonyl (C=O) groups excluding carboxylic acids is 1. The molecular formula is C18H14O3. The van der Waals surface area contributed by atoms with Gasteiger partial charge in [0.1, 0.15) is 0 Å². The van der Waals surface area contributed by atoms with Gasteiger partial charge in [-0.3, -0.25) is 4.79 Å². The van der Waals surface area contributed by atoms with Crippen molar-refractivity contribution in [1.82, 2.24) is 0 Å². The SMILES string of the molecule is O=C(O)c1ccc2c(c1)C[C@]1(C2)Cc2ccccc2C1=O. The fraction of sp³-hybridized carbons (Fsp3) is 0.222. The summed E-state index contributed by atoms with van der Waals surface area (Å²) in [4.78, 5) is 23.9. The summed E-state index contributed by atoms with van der Waals surface area (Å²) < 4.78 is 0. The summed E-state index contributed by atoms with van der Waals surface area (Å²) in [5, 5.41) is 9.10. The first kappa shape index (κ1) is 12.3. The number of hydrogen-bond donors (Lipinski definition) is 1. The van der Waals surface area contributed by atoms with E-state index in [0.29, 0.717) is 12.0 Å². The molecule has 0 aliphatic heterocycles. The van der Waals surface area contributed by atoms with E-state index in [9.17, 15) is 9.59 Å². The smallest absolute Gasteiger partial charge is 0.335 e. The van der Waals surface area contributed by atoms with Crippen molar-refractivity contribution in [1.29, 1.82) is 0 Å². The number of carbonyl (C=O) groups is 2. The fourth-order valence-electron chi connectivity index (χ4n) is 3.80. The van der Waals surface area contributed by atoms with Gasteiger partial charge in [-0.15, -0.1) is 0 Å². The first-order valence-corrected chi connectivity index (χ1v) is 7.07. The van der Waals surface area contributed by atoms with Gasteiger partial charge in [0.15, 0.2) is 5.78 Å². The van der Waals surface area contributed by atoms with E-state index in [2.05, 4.69) is 0 Å². The highest BCUT2D eigenvalue weighted by Crippen LogP contribution is 2.47. The second-order valence-electron chi connectivity index (χ2n) is 6.09. The van der Waals surface area contributed by atoms with Crippen molar-refractivity contribution >= 4 is 11.8 Å². The minimum absolute atomic E-state index is 0.214. The second kappa shape index (κ2) is 4.04. The zero-order valence-electron chi connectivity index (χ0n) is 11.4. The van der Waals surface area contributed by atoms with Gasteiger partial charge in [0.25, 0.3) is 0 Å². The van der Waals surface area contributed by atoms with E-state index in [1.165, 1.54) is 0 Å². The third-order valence-corrected chi connectivity index (χ3v) is 4.78. The van der Waals surface area contributed by atoms with Crippen LogP contribution in [-0.2, 0) is 19.3 Å². The molecule has 104 valence electrons. The molecule has 0 amide bonds. The number of rotatable bonds is 1. The van der Waals surface area contributed by atoms with E-state index in [-0.39, 0.29) is 11.2 Å². The first-order chi connectivity index (χ1) is 10.1. The predicted molar refractivity (Wildman–Crippen MR) is 77.7 cm³/mol. The summed E-state index contributed by atoms with van der Waals surface area (Å²) in [7, 11) is 0. The highest BCUT2D eigenvalue weighted by molar-refractivity contribution is 6.05.